The van der Waals surface area contributed by atoms with Crippen molar-refractivity contribution in [3.8, 4) is 11.4 Å². The van der Waals surface area contributed by atoms with E-state index in [0.717, 1.165) is 55.4 Å². The molecule has 0 amide bonds. The van der Waals surface area contributed by atoms with Gasteiger partial charge in [-0.05, 0) is 83.4 Å². The van der Waals surface area contributed by atoms with Crippen LogP contribution in [0.4, 0.5) is 0 Å². The highest BCUT2D eigenvalue weighted by Crippen LogP contribution is 2.45. The minimum Gasteiger partial charge on any atom is -0.455 e. The number of aromatic nitrogens is 2. The van der Waals surface area contributed by atoms with Crippen molar-refractivity contribution in [2.45, 2.75) is 12.2 Å². The molecule has 1 aliphatic heterocycles. The van der Waals surface area contributed by atoms with E-state index in [1.165, 1.54) is 43.9 Å². The van der Waals surface area contributed by atoms with Gasteiger partial charge in [0.1, 0.15) is 17.3 Å². The van der Waals surface area contributed by atoms with Crippen LogP contribution in [-0.2, 0) is 0 Å². The molecule has 0 saturated carbocycles. The van der Waals surface area contributed by atoms with Crippen LogP contribution < -0.4 is 10.6 Å². The molecule has 8 aromatic carbocycles. The van der Waals surface area contributed by atoms with E-state index < -0.39 is 0 Å². The topological polar surface area (TPSA) is 47.1 Å². The lowest BCUT2D eigenvalue weighted by Gasteiger charge is -2.33. The lowest BCUT2D eigenvalue weighted by Crippen LogP contribution is -2.39. The third kappa shape index (κ3) is 4.93. The number of fused-ring (bicyclic) bond motifs is 11. The van der Waals surface area contributed by atoms with Crippen LogP contribution in [0.15, 0.2) is 199 Å². The number of para-hydroxylation sites is 3. The van der Waals surface area contributed by atoms with Crippen molar-refractivity contribution in [1.82, 2.24) is 19.8 Å². The molecule has 0 fully saturated rings. The van der Waals surface area contributed by atoms with Gasteiger partial charge in [-0.1, -0.05) is 127 Å². The minimum absolute atomic E-state index is 0.0595. The summed E-state index contributed by atoms with van der Waals surface area (Å²) >= 11 is 0. The molecule has 0 spiro atoms. The van der Waals surface area contributed by atoms with Crippen molar-refractivity contribution in [2.24, 2.45) is 0 Å². The molecule has 0 aliphatic carbocycles. The first-order valence-corrected chi connectivity index (χ1v) is 19.6. The summed E-state index contributed by atoms with van der Waals surface area (Å²) in [4.78, 5) is 0. The maximum absolute atomic E-state index is 6.69. The van der Waals surface area contributed by atoms with Gasteiger partial charge in [0.25, 0.3) is 0 Å². The average molecular weight is 733 g/mol. The Balaban J connectivity index is 1.05. The summed E-state index contributed by atoms with van der Waals surface area (Å²) in [6, 6.07) is 67.3. The minimum atomic E-state index is -0.0843. The molecule has 0 bridgehead atoms. The molecular weight excluding hydrogens is 697 g/mol. The van der Waals surface area contributed by atoms with Gasteiger partial charge in [0.2, 0.25) is 0 Å². The quantitative estimate of drug-likeness (QED) is 0.185. The molecule has 3 aromatic heterocycles. The highest BCUT2D eigenvalue weighted by atomic mass is 16.3. The molecule has 1 aliphatic rings. The second kappa shape index (κ2) is 12.6. The molecule has 5 heteroatoms. The molecular formula is C52H36N4O. The lowest BCUT2D eigenvalue weighted by atomic mass is 9.98. The lowest BCUT2D eigenvalue weighted by molar-refractivity contribution is 0.442. The van der Waals surface area contributed by atoms with E-state index in [-0.39, 0.29) is 12.2 Å². The first kappa shape index (κ1) is 32.0. The first-order valence-electron chi connectivity index (χ1n) is 19.6. The zero-order valence-electron chi connectivity index (χ0n) is 30.9. The largest absolute Gasteiger partial charge is 0.455 e. The predicted octanol–water partition coefficient (Wildman–Crippen LogP) is 12.8. The fourth-order valence-electron chi connectivity index (χ4n) is 9.23. The molecule has 11 aromatic rings. The average Bonchev–Trinajstić information content (AvgIpc) is 3.95. The number of rotatable bonds is 5. The molecule has 2 N–H and O–H groups in total. The number of hydrogen-bond donors (Lipinski definition) is 2. The molecule has 270 valence electrons. The van der Waals surface area contributed by atoms with E-state index >= 15 is 0 Å². The Morgan fingerprint density at radius 3 is 1.86 bits per heavy atom. The fraction of sp³-hybridized carbons (Fsp3) is 0.0385. The first-order chi connectivity index (χ1) is 28.3. The van der Waals surface area contributed by atoms with E-state index in [1.807, 2.05) is 6.07 Å². The van der Waals surface area contributed by atoms with E-state index in [1.54, 1.807) is 0 Å². The molecule has 0 radical (unpaired) electrons. The highest BCUT2D eigenvalue weighted by Gasteiger charge is 2.26. The van der Waals surface area contributed by atoms with Crippen molar-refractivity contribution in [1.29, 1.82) is 0 Å². The van der Waals surface area contributed by atoms with Crippen molar-refractivity contribution in [3.05, 3.63) is 211 Å². The van der Waals surface area contributed by atoms with Crippen LogP contribution >= 0.6 is 0 Å². The smallest absolute Gasteiger partial charge is 0.145 e. The number of nitrogens with zero attached hydrogens (tertiary/aromatic N) is 2. The van der Waals surface area contributed by atoms with E-state index in [2.05, 4.69) is 208 Å². The number of furan rings is 1. The normalized spacial score (nSPS) is 15.9. The van der Waals surface area contributed by atoms with E-state index in [0.29, 0.717) is 0 Å². The van der Waals surface area contributed by atoms with Gasteiger partial charge >= 0.3 is 0 Å². The van der Waals surface area contributed by atoms with Gasteiger partial charge in [-0.15, -0.1) is 0 Å². The molecule has 12 rings (SSSR count). The zero-order valence-corrected chi connectivity index (χ0v) is 30.9. The van der Waals surface area contributed by atoms with Crippen LogP contribution in [0.25, 0.3) is 82.6 Å². The van der Waals surface area contributed by atoms with Crippen molar-refractivity contribution >= 4 is 71.2 Å². The van der Waals surface area contributed by atoms with Crippen LogP contribution in [0.1, 0.15) is 28.9 Å². The summed E-state index contributed by atoms with van der Waals surface area (Å²) in [7, 11) is 0. The summed E-state index contributed by atoms with van der Waals surface area (Å²) < 4.78 is 11.5. The zero-order chi connectivity index (χ0) is 37.5. The second-order valence-corrected chi connectivity index (χ2v) is 15.0. The number of nitrogens with one attached hydrogen (secondary N) is 2. The Morgan fingerprint density at radius 2 is 1.07 bits per heavy atom. The number of benzene rings is 8. The Kier molecular flexibility index (Phi) is 7.06. The molecule has 4 heterocycles. The van der Waals surface area contributed by atoms with Crippen molar-refractivity contribution in [3.63, 3.8) is 0 Å². The van der Waals surface area contributed by atoms with Crippen LogP contribution in [0.3, 0.4) is 0 Å². The summed E-state index contributed by atoms with van der Waals surface area (Å²) in [6.07, 6.45) is 2.21. The maximum Gasteiger partial charge on any atom is 0.145 e. The van der Waals surface area contributed by atoms with Gasteiger partial charge in [0, 0.05) is 44.0 Å². The standard InChI is InChI=1S/C52H36N4O/c1-4-14-33(15-5-1)42-32-43(34-16-6-2-7-17-34)54-52(53-42)35-24-26-37(27-25-35)55-44-22-12-10-21-40(44)48-45(55)31-29-41-49-46(56(50(41)48)36-18-8-3-9-19-36)30-28-39-38-20-11-13-23-47(38)57-51(39)49/h1-32,42,52-54H. The Hall–Kier alpha value is -7.34. The van der Waals surface area contributed by atoms with Crippen LogP contribution in [-0.4, -0.2) is 9.13 Å². The third-order valence-corrected chi connectivity index (χ3v) is 11.8. The Labute approximate surface area is 328 Å². The molecule has 2 atom stereocenters. The summed E-state index contributed by atoms with van der Waals surface area (Å²) in [5, 5.41) is 14.7. The van der Waals surface area contributed by atoms with Gasteiger partial charge in [-0.3, -0.25) is 5.32 Å². The maximum atomic E-state index is 6.69. The van der Waals surface area contributed by atoms with E-state index in [4.69, 9.17) is 4.42 Å². The van der Waals surface area contributed by atoms with Gasteiger partial charge in [-0.25, -0.2) is 0 Å². The van der Waals surface area contributed by atoms with Gasteiger partial charge in [0.05, 0.1) is 33.5 Å². The Bertz CT molecular complexity index is 3340. The monoisotopic (exact) mass is 732 g/mol. The molecule has 0 saturated heterocycles. The third-order valence-electron chi connectivity index (χ3n) is 11.8. The van der Waals surface area contributed by atoms with Gasteiger partial charge < -0.3 is 18.9 Å². The SMILES string of the molecule is C1=C(c2ccccc2)NC(c2ccc(-n3c4ccccc4c4c3ccc3c5c6oc7ccccc7c6ccc5n(-c5ccccc5)c34)cc2)NC1c1ccccc1. The second-order valence-electron chi connectivity index (χ2n) is 15.0. The predicted molar refractivity (Wildman–Crippen MR) is 235 cm³/mol. The fourth-order valence-corrected chi connectivity index (χ4v) is 9.23. The molecule has 2 unspecified atom stereocenters. The van der Waals surface area contributed by atoms with Crippen LogP contribution in [0.2, 0.25) is 0 Å². The highest BCUT2D eigenvalue weighted by molar-refractivity contribution is 6.30. The van der Waals surface area contributed by atoms with Crippen molar-refractivity contribution < 1.29 is 4.42 Å². The van der Waals surface area contributed by atoms with Crippen molar-refractivity contribution in [2.75, 3.05) is 0 Å². The van der Waals surface area contributed by atoms with Crippen LogP contribution in [0, 0.1) is 0 Å². The molecule has 5 nitrogen and oxygen atoms in total. The summed E-state index contributed by atoms with van der Waals surface area (Å²) in [5.41, 5.74) is 13.4. The summed E-state index contributed by atoms with van der Waals surface area (Å²) in [5.74, 6) is 0. The van der Waals surface area contributed by atoms with Gasteiger partial charge in [-0.2, -0.15) is 0 Å². The number of hydrogen-bond acceptors (Lipinski definition) is 3. The van der Waals surface area contributed by atoms with E-state index in [9.17, 15) is 0 Å². The molecule has 57 heavy (non-hydrogen) atoms. The summed E-state index contributed by atoms with van der Waals surface area (Å²) in [6.45, 7) is 0. The van der Waals surface area contributed by atoms with Gasteiger partial charge in [0.15, 0.2) is 0 Å². The Morgan fingerprint density at radius 1 is 0.439 bits per heavy atom. The van der Waals surface area contributed by atoms with Crippen LogP contribution in [0.5, 0.6) is 0 Å².